The van der Waals surface area contributed by atoms with Crippen molar-refractivity contribution in [1.29, 1.82) is 0 Å². The quantitative estimate of drug-likeness (QED) is 0.601. The number of hydrogen-bond donors (Lipinski definition) is 2. The molecule has 0 atom stereocenters. The van der Waals surface area contributed by atoms with Crippen LogP contribution in [-0.4, -0.2) is 17.1 Å². The highest BCUT2D eigenvalue weighted by atomic mass is 32.2. The van der Waals surface area contributed by atoms with Crippen molar-refractivity contribution in [2.24, 2.45) is 16.6 Å². The first kappa shape index (κ1) is 17.4. The molecule has 130 valence electrons. The molecule has 0 spiro atoms. The van der Waals surface area contributed by atoms with E-state index >= 15 is 0 Å². The molecule has 3 N–H and O–H groups in total. The van der Waals surface area contributed by atoms with Crippen molar-refractivity contribution >= 4 is 23.3 Å². The van der Waals surface area contributed by atoms with E-state index in [2.05, 4.69) is 50.4 Å². The molecule has 0 unspecified atom stereocenters. The molecule has 1 heterocycles. The van der Waals surface area contributed by atoms with Gasteiger partial charge in [-0.05, 0) is 75.8 Å². The van der Waals surface area contributed by atoms with Gasteiger partial charge in [0.1, 0.15) is 5.84 Å². The Morgan fingerprint density at radius 3 is 2.75 bits per heavy atom. The Labute approximate surface area is 150 Å². The molecule has 1 fully saturated rings. The summed E-state index contributed by atoms with van der Waals surface area (Å²) < 4.78 is 0. The van der Waals surface area contributed by atoms with Crippen LogP contribution in [0.5, 0.6) is 0 Å². The van der Waals surface area contributed by atoms with Crippen LogP contribution in [0.1, 0.15) is 52.0 Å². The fourth-order valence-electron chi connectivity index (χ4n) is 3.40. The first-order valence-electron chi connectivity index (χ1n) is 9.00. The van der Waals surface area contributed by atoms with Gasteiger partial charge in [-0.1, -0.05) is 12.8 Å². The van der Waals surface area contributed by atoms with Crippen LogP contribution in [0.2, 0.25) is 0 Å². The predicted molar refractivity (Wildman–Crippen MR) is 106 cm³/mol. The van der Waals surface area contributed by atoms with Crippen molar-refractivity contribution < 1.29 is 0 Å². The molecule has 1 aliphatic heterocycles. The lowest BCUT2D eigenvalue weighted by Gasteiger charge is -2.18. The smallest absolute Gasteiger partial charge is 0.127 e. The molecular weight excluding hydrogens is 314 g/mol. The summed E-state index contributed by atoms with van der Waals surface area (Å²) in [6.07, 6.45) is 8.22. The number of nitrogens with two attached hydrogens (primary N) is 1. The van der Waals surface area contributed by atoms with Crippen molar-refractivity contribution in [2.45, 2.75) is 63.3 Å². The zero-order chi connectivity index (χ0) is 17.2. The second-order valence-corrected chi connectivity index (χ2v) is 8.98. The van der Waals surface area contributed by atoms with Crippen LogP contribution in [0.4, 0.5) is 5.69 Å². The summed E-state index contributed by atoms with van der Waals surface area (Å²) in [4.78, 5) is 6.27. The van der Waals surface area contributed by atoms with Crippen molar-refractivity contribution in [1.82, 2.24) is 0 Å². The molecule has 3 nitrogen and oxygen atoms in total. The lowest BCUT2D eigenvalue weighted by Crippen LogP contribution is -2.21. The minimum Gasteiger partial charge on any atom is -0.402 e. The number of nitrogens with one attached hydrogen (secondary N) is 1. The molecule has 4 heteroatoms. The SMILES string of the molecule is CC(C)(C)N=C(/C=C(\N)C1CCCC1)Nc1ccc2c(c1)CCS2. The molecule has 1 aromatic rings. The van der Waals surface area contributed by atoms with Gasteiger partial charge in [0.15, 0.2) is 0 Å². The lowest BCUT2D eigenvalue weighted by molar-refractivity contribution is 0.584. The van der Waals surface area contributed by atoms with Crippen LogP contribution in [0.15, 0.2) is 39.9 Å². The van der Waals surface area contributed by atoms with Gasteiger partial charge < -0.3 is 11.1 Å². The van der Waals surface area contributed by atoms with E-state index < -0.39 is 0 Å². The fraction of sp³-hybridized carbons (Fsp3) is 0.550. The zero-order valence-corrected chi connectivity index (χ0v) is 15.9. The summed E-state index contributed by atoms with van der Waals surface area (Å²) in [7, 11) is 0. The maximum atomic E-state index is 6.38. The average Bonchev–Trinajstić information content (AvgIpc) is 3.16. The number of rotatable bonds is 3. The summed E-state index contributed by atoms with van der Waals surface area (Å²) in [6, 6.07) is 6.62. The Hall–Kier alpha value is -1.42. The third-order valence-electron chi connectivity index (χ3n) is 4.55. The van der Waals surface area contributed by atoms with E-state index in [0.717, 1.165) is 23.6 Å². The van der Waals surface area contributed by atoms with Crippen LogP contribution in [-0.2, 0) is 6.42 Å². The van der Waals surface area contributed by atoms with Crippen molar-refractivity contribution in [3.05, 3.63) is 35.5 Å². The number of nitrogens with zero attached hydrogens (tertiary/aromatic N) is 1. The van der Waals surface area contributed by atoms with Crippen molar-refractivity contribution in [2.75, 3.05) is 11.1 Å². The van der Waals surface area contributed by atoms with Gasteiger partial charge >= 0.3 is 0 Å². The predicted octanol–water partition coefficient (Wildman–Crippen LogP) is 4.98. The van der Waals surface area contributed by atoms with Gasteiger partial charge in [-0.25, -0.2) is 0 Å². The van der Waals surface area contributed by atoms with Gasteiger partial charge in [-0.3, -0.25) is 4.99 Å². The maximum Gasteiger partial charge on any atom is 0.127 e. The molecular formula is C20H29N3S. The van der Waals surface area contributed by atoms with Crippen molar-refractivity contribution in [3.8, 4) is 0 Å². The highest BCUT2D eigenvalue weighted by molar-refractivity contribution is 7.99. The van der Waals surface area contributed by atoms with Gasteiger partial charge in [0, 0.05) is 22.0 Å². The summed E-state index contributed by atoms with van der Waals surface area (Å²) in [5.41, 5.74) is 9.76. The van der Waals surface area contributed by atoms with E-state index in [1.807, 2.05) is 11.8 Å². The molecule has 2 aliphatic rings. The van der Waals surface area contributed by atoms with Crippen LogP contribution in [0.25, 0.3) is 0 Å². The van der Waals surface area contributed by atoms with Crippen LogP contribution in [0.3, 0.4) is 0 Å². The third kappa shape index (κ3) is 4.56. The van der Waals surface area contributed by atoms with E-state index in [1.165, 1.54) is 41.9 Å². The first-order valence-corrected chi connectivity index (χ1v) is 9.99. The number of hydrogen-bond acceptors (Lipinski definition) is 3. The molecule has 24 heavy (non-hydrogen) atoms. The first-order chi connectivity index (χ1) is 11.4. The minimum atomic E-state index is -0.138. The number of anilines is 1. The Morgan fingerprint density at radius 2 is 2.04 bits per heavy atom. The van der Waals surface area contributed by atoms with Crippen LogP contribution >= 0.6 is 11.8 Å². The Balaban J connectivity index is 1.82. The summed E-state index contributed by atoms with van der Waals surface area (Å²) in [5.74, 6) is 2.59. The van der Waals surface area contributed by atoms with Gasteiger partial charge in [0.05, 0.1) is 5.54 Å². The highest BCUT2D eigenvalue weighted by Crippen LogP contribution is 2.33. The Kier molecular flexibility index (Phi) is 5.24. The Morgan fingerprint density at radius 1 is 1.29 bits per heavy atom. The molecule has 0 bridgehead atoms. The minimum absolute atomic E-state index is 0.138. The molecule has 0 saturated heterocycles. The van der Waals surface area contributed by atoms with E-state index in [0.29, 0.717) is 5.92 Å². The molecule has 1 saturated carbocycles. The molecule has 1 aromatic carbocycles. The standard InChI is InChI=1S/C20H29N3S/c1-20(2,3)23-19(13-17(21)14-6-4-5-7-14)22-16-8-9-18-15(12-16)10-11-24-18/h8-9,12-14H,4-7,10-11,21H2,1-3H3,(H,22,23)/b17-13-. The second-order valence-electron chi connectivity index (χ2n) is 7.84. The zero-order valence-electron chi connectivity index (χ0n) is 15.1. The maximum absolute atomic E-state index is 6.38. The average molecular weight is 344 g/mol. The third-order valence-corrected chi connectivity index (χ3v) is 5.67. The van der Waals surface area contributed by atoms with Crippen LogP contribution in [0, 0.1) is 5.92 Å². The number of aryl methyl sites for hydroxylation is 1. The second kappa shape index (κ2) is 7.22. The van der Waals surface area contributed by atoms with E-state index in [9.17, 15) is 0 Å². The Bertz CT molecular complexity index is 649. The fourth-order valence-corrected chi connectivity index (χ4v) is 4.46. The molecule has 0 radical (unpaired) electrons. The highest BCUT2D eigenvalue weighted by Gasteiger charge is 2.19. The molecule has 1 aliphatic carbocycles. The molecule has 0 amide bonds. The molecule has 0 aromatic heterocycles. The lowest BCUT2D eigenvalue weighted by atomic mass is 10.0. The summed E-state index contributed by atoms with van der Waals surface area (Å²) >= 11 is 1.94. The summed E-state index contributed by atoms with van der Waals surface area (Å²) in [6.45, 7) is 6.36. The van der Waals surface area contributed by atoms with Gasteiger partial charge in [0.25, 0.3) is 0 Å². The number of allylic oxidation sites excluding steroid dienone is 1. The van der Waals surface area contributed by atoms with E-state index in [-0.39, 0.29) is 5.54 Å². The van der Waals surface area contributed by atoms with Crippen molar-refractivity contribution in [3.63, 3.8) is 0 Å². The normalized spacial score (nSPS) is 19.6. The van der Waals surface area contributed by atoms with E-state index in [1.54, 1.807) is 0 Å². The van der Waals surface area contributed by atoms with Crippen LogP contribution < -0.4 is 11.1 Å². The molecule has 3 rings (SSSR count). The van der Waals surface area contributed by atoms with E-state index in [4.69, 9.17) is 10.7 Å². The monoisotopic (exact) mass is 343 g/mol. The largest absolute Gasteiger partial charge is 0.402 e. The summed E-state index contributed by atoms with van der Waals surface area (Å²) in [5, 5.41) is 3.50. The number of fused-ring (bicyclic) bond motifs is 1. The number of amidine groups is 1. The van der Waals surface area contributed by atoms with Gasteiger partial charge in [-0.2, -0.15) is 0 Å². The number of benzene rings is 1. The van der Waals surface area contributed by atoms with Gasteiger partial charge in [-0.15, -0.1) is 11.8 Å². The number of aliphatic imine (C=N–C) groups is 1. The number of thioether (sulfide) groups is 1. The topological polar surface area (TPSA) is 50.4 Å². The van der Waals surface area contributed by atoms with Gasteiger partial charge in [0.2, 0.25) is 0 Å².